The SMILES string of the molecule is Nn1c(SCC(=O)Nc2ccccc2Cl)nnc1C(F)(F)F. The zero-order valence-corrected chi connectivity index (χ0v) is 12.3. The summed E-state index contributed by atoms with van der Waals surface area (Å²) < 4.78 is 37.8. The first-order valence-electron chi connectivity index (χ1n) is 5.74. The Labute approximate surface area is 131 Å². The minimum absolute atomic E-state index is 0.196. The Morgan fingerprint density at radius 2 is 2.05 bits per heavy atom. The van der Waals surface area contributed by atoms with Crippen LogP contribution in [0.3, 0.4) is 0 Å². The molecule has 3 N–H and O–H groups in total. The molecule has 6 nitrogen and oxygen atoms in total. The van der Waals surface area contributed by atoms with E-state index in [1.807, 2.05) is 0 Å². The summed E-state index contributed by atoms with van der Waals surface area (Å²) in [7, 11) is 0. The molecular formula is C11H9ClF3N5OS. The number of nitrogens with one attached hydrogen (secondary N) is 1. The third-order valence-corrected chi connectivity index (χ3v) is 3.67. The predicted molar refractivity (Wildman–Crippen MR) is 76.0 cm³/mol. The van der Waals surface area contributed by atoms with Crippen LogP contribution in [0.25, 0.3) is 0 Å². The Morgan fingerprint density at radius 1 is 1.36 bits per heavy atom. The van der Waals surface area contributed by atoms with Crippen molar-refractivity contribution in [3.05, 3.63) is 35.1 Å². The van der Waals surface area contributed by atoms with E-state index in [1.54, 1.807) is 24.3 Å². The number of anilines is 1. The molecule has 1 heterocycles. The molecule has 1 amide bonds. The third kappa shape index (κ3) is 3.83. The van der Waals surface area contributed by atoms with E-state index in [1.165, 1.54) is 0 Å². The van der Waals surface area contributed by atoms with Crippen molar-refractivity contribution in [2.75, 3.05) is 16.9 Å². The fourth-order valence-electron chi connectivity index (χ4n) is 1.45. The second-order valence-electron chi connectivity index (χ2n) is 3.99. The molecule has 1 aromatic carbocycles. The van der Waals surface area contributed by atoms with Crippen molar-refractivity contribution in [3.63, 3.8) is 0 Å². The molecule has 22 heavy (non-hydrogen) atoms. The number of carbonyl (C=O) groups excluding carboxylic acids is 1. The quantitative estimate of drug-likeness (QED) is 0.652. The molecule has 1 aromatic heterocycles. The Balaban J connectivity index is 1.98. The highest BCUT2D eigenvalue weighted by Gasteiger charge is 2.38. The van der Waals surface area contributed by atoms with Gasteiger partial charge in [0.2, 0.25) is 11.1 Å². The highest BCUT2D eigenvalue weighted by Crippen LogP contribution is 2.29. The lowest BCUT2D eigenvalue weighted by Gasteiger charge is -2.07. The molecule has 0 aliphatic heterocycles. The second-order valence-corrected chi connectivity index (χ2v) is 5.34. The zero-order valence-electron chi connectivity index (χ0n) is 10.8. The van der Waals surface area contributed by atoms with Crippen molar-refractivity contribution in [2.45, 2.75) is 11.3 Å². The van der Waals surface area contributed by atoms with Gasteiger partial charge in [-0.2, -0.15) is 13.2 Å². The topological polar surface area (TPSA) is 85.8 Å². The van der Waals surface area contributed by atoms with Crippen molar-refractivity contribution in [1.82, 2.24) is 14.9 Å². The largest absolute Gasteiger partial charge is 0.453 e. The van der Waals surface area contributed by atoms with Crippen LogP contribution in [0.1, 0.15) is 5.82 Å². The first-order chi connectivity index (χ1) is 10.3. The summed E-state index contributed by atoms with van der Waals surface area (Å²) in [5, 5.41) is 8.91. The number of nitrogens with two attached hydrogens (primary N) is 1. The van der Waals surface area contributed by atoms with Crippen LogP contribution in [0.4, 0.5) is 18.9 Å². The Hall–Kier alpha value is -1.94. The van der Waals surface area contributed by atoms with Gasteiger partial charge in [-0.05, 0) is 12.1 Å². The van der Waals surface area contributed by atoms with Gasteiger partial charge in [0.15, 0.2) is 0 Å². The number of hydrogen-bond donors (Lipinski definition) is 2. The zero-order chi connectivity index (χ0) is 16.3. The normalized spacial score (nSPS) is 11.5. The van der Waals surface area contributed by atoms with E-state index in [-0.39, 0.29) is 10.9 Å². The number of thioether (sulfide) groups is 1. The third-order valence-electron chi connectivity index (χ3n) is 2.40. The van der Waals surface area contributed by atoms with Gasteiger partial charge < -0.3 is 11.2 Å². The standard InChI is InChI=1S/C11H9ClF3N5OS/c12-6-3-1-2-4-7(6)17-8(21)5-22-10-19-18-9(20(10)16)11(13,14)15/h1-4H,5,16H2,(H,17,21). The van der Waals surface area contributed by atoms with Gasteiger partial charge >= 0.3 is 6.18 Å². The maximum Gasteiger partial charge on any atom is 0.453 e. The van der Waals surface area contributed by atoms with Gasteiger partial charge in [0.25, 0.3) is 5.82 Å². The van der Waals surface area contributed by atoms with Crippen molar-refractivity contribution < 1.29 is 18.0 Å². The molecule has 0 fully saturated rings. The van der Waals surface area contributed by atoms with E-state index >= 15 is 0 Å². The molecule has 0 radical (unpaired) electrons. The monoisotopic (exact) mass is 351 g/mol. The van der Waals surface area contributed by atoms with E-state index in [4.69, 9.17) is 17.4 Å². The summed E-state index contributed by atoms with van der Waals surface area (Å²) in [5.74, 6) is 3.26. The fourth-order valence-corrected chi connectivity index (χ4v) is 2.29. The summed E-state index contributed by atoms with van der Waals surface area (Å²) in [6, 6.07) is 6.57. The number of hydrogen-bond acceptors (Lipinski definition) is 5. The number of aromatic nitrogens is 3. The van der Waals surface area contributed by atoms with E-state index in [0.717, 1.165) is 11.8 Å². The van der Waals surface area contributed by atoms with Gasteiger partial charge in [-0.25, -0.2) is 4.68 Å². The number of nitrogens with zero attached hydrogens (tertiary/aromatic N) is 3. The molecule has 0 saturated heterocycles. The van der Waals surface area contributed by atoms with Crippen molar-refractivity contribution >= 4 is 35.0 Å². The highest BCUT2D eigenvalue weighted by atomic mass is 35.5. The first-order valence-corrected chi connectivity index (χ1v) is 7.10. The average Bonchev–Trinajstić information content (AvgIpc) is 2.80. The van der Waals surface area contributed by atoms with Crippen molar-refractivity contribution in [2.24, 2.45) is 0 Å². The van der Waals surface area contributed by atoms with Crippen LogP contribution in [0, 0.1) is 0 Å². The summed E-state index contributed by atoms with van der Waals surface area (Å²) in [6.45, 7) is 0. The number of rotatable bonds is 4. The maximum atomic E-state index is 12.5. The van der Waals surface area contributed by atoms with Gasteiger partial charge in [0.1, 0.15) is 0 Å². The molecule has 0 atom stereocenters. The van der Waals surface area contributed by atoms with Crippen LogP contribution in [0.2, 0.25) is 5.02 Å². The van der Waals surface area contributed by atoms with Crippen LogP contribution in [-0.4, -0.2) is 26.5 Å². The van der Waals surface area contributed by atoms with E-state index in [2.05, 4.69) is 15.5 Å². The van der Waals surface area contributed by atoms with Crippen LogP contribution in [-0.2, 0) is 11.0 Å². The average molecular weight is 352 g/mol. The molecule has 2 aromatic rings. The lowest BCUT2D eigenvalue weighted by atomic mass is 10.3. The fraction of sp³-hybridized carbons (Fsp3) is 0.182. The van der Waals surface area contributed by atoms with E-state index in [0.29, 0.717) is 15.4 Å². The number of halogens is 4. The van der Waals surface area contributed by atoms with Crippen molar-refractivity contribution in [1.29, 1.82) is 0 Å². The summed E-state index contributed by atoms with van der Waals surface area (Å²) in [5.41, 5.74) is 0.403. The smallest absolute Gasteiger partial charge is 0.335 e. The number of alkyl halides is 3. The van der Waals surface area contributed by atoms with Crippen LogP contribution in [0.15, 0.2) is 29.4 Å². The molecule has 0 aliphatic rings. The van der Waals surface area contributed by atoms with Gasteiger partial charge in [0.05, 0.1) is 16.5 Å². The van der Waals surface area contributed by atoms with Gasteiger partial charge in [-0.15, -0.1) is 10.2 Å². The summed E-state index contributed by atoms with van der Waals surface area (Å²) in [6.07, 6.45) is -4.71. The Bertz CT molecular complexity index is 691. The number of carbonyl (C=O) groups is 1. The molecule has 0 bridgehead atoms. The number of amides is 1. The number of nitrogen functional groups attached to an aromatic ring is 1. The molecule has 0 aliphatic carbocycles. The molecule has 0 unspecified atom stereocenters. The molecule has 11 heteroatoms. The number of benzene rings is 1. The first kappa shape index (κ1) is 16.4. The van der Waals surface area contributed by atoms with Gasteiger partial charge in [-0.3, -0.25) is 4.79 Å². The summed E-state index contributed by atoms with van der Waals surface area (Å²) >= 11 is 6.60. The van der Waals surface area contributed by atoms with E-state index in [9.17, 15) is 18.0 Å². The lowest BCUT2D eigenvalue weighted by molar-refractivity contribution is -0.146. The second kappa shape index (κ2) is 6.44. The maximum absolute atomic E-state index is 12.5. The Morgan fingerprint density at radius 3 is 2.64 bits per heavy atom. The molecule has 118 valence electrons. The number of para-hydroxylation sites is 1. The van der Waals surface area contributed by atoms with E-state index < -0.39 is 17.9 Å². The van der Waals surface area contributed by atoms with Crippen molar-refractivity contribution in [3.8, 4) is 0 Å². The predicted octanol–water partition coefficient (Wildman–Crippen LogP) is 2.39. The van der Waals surface area contributed by atoms with Crippen LogP contribution >= 0.6 is 23.4 Å². The minimum Gasteiger partial charge on any atom is -0.335 e. The van der Waals surface area contributed by atoms with Crippen LogP contribution < -0.4 is 11.2 Å². The Kier molecular flexibility index (Phi) is 4.81. The molecule has 2 rings (SSSR count). The highest BCUT2D eigenvalue weighted by molar-refractivity contribution is 7.99. The van der Waals surface area contributed by atoms with Gasteiger partial charge in [-0.1, -0.05) is 35.5 Å². The molecule has 0 spiro atoms. The van der Waals surface area contributed by atoms with Gasteiger partial charge in [0, 0.05) is 0 Å². The molecule has 0 saturated carbocycles. The lowest BCUT2D eigenvalue weighted by Crippen LogP contribution is -2.22. The summed E-state index contributed by atoms with van der Waals surface area (Å²) in [4.78, 5) is 11.7. The minimum atomic E-state index is -4.71. The molecular weight excluding hydrogens is 343 g/mol. The van der Waals surface area contributed by atoms with Crippen LogP contribution in [0.5, 0.6) is 0 Å².